The molecule has 0 radical (unpaired) electrons. The van der Waals surface area contributed by atoms with Gasteiger partial charge in [0.25, 0.3) is 0 Å². The highest BCUT2D eigenvalue weighted by Gasteiger charge is 2.38. The van der Waals surface area contributed by atoms with Crippen molar-refractivity contribution in [2.75, 3.05) is 13.2 Å². The van der Waals surface area contributed by atoms with Crippen LogP contribution in [0.2, 0.25) is 18.1 Å². The van der Waals surface area contributed by atoms with Crippen molar-refractivity contribution >= 4 is 8.32 Å². The molecular formula is C23H35NO2Si. The summed E-state index contributed by atoms with van der Waals surface area (Å²) < 4.78 is 6.44. The minimum absolute atomic E-state index is 0.0282. The van der Waals surface area contributed by atoms with Crippen LogP contribution in [0.15, 0.2) is 60.7 Å². The van der Waals surface area contributed by atoms with Crippen LogP contribution in [0.1, 0.15) is 31.9 Å². The number of aliphatic hydroxyl groups excluding tert-OH is 1. The molecule has 0 aromatic heterocycles. The molecule has 148 valence electrons. The smallest absolute Gasteiger partial charge is 0.192 e. The van der Waals surface area contributed by atoms with Crippen LogP contribution in [-0.4, -0.2) is 37.6 Å². The highest BCUT2D eigenvalue weighted by atomic mass is 28.4. The highest BCUT2D eigenvalue weighted by molar-refractivity contribution is 6.74. The largest absolute Gasteiger partial charge is 0.415 e. The Morgan fingerprint density at radius 3 is 1.70 bits per heavy atom. The molecule has 2 rings (SSSR count). The lowest BCUT2D eigenvalue weighted by Crippen LogP contribution is -2.47. The molecule has 4 heteroatoms. The van der Waals surface area contributed by atoms with E-state index in [9.17, 15) is 5.11 Å². The minimum atomic E-state index is -1.85. The Kier molecular flexibility index (Phi) is 7.80. The van der Waals surface area contributed by atoms with Crippen molar-refractivity contribution in [1.29, 1.82) is 0 Å². The number of aliphatic hydroxyl groups is 1. The van der Waals surface area contributed by atoms with E-state index >= 15 is 0 Å². The number of benzene rings is 2. The second-order valence-electron chi connectivity index (χ2n) is 8.78. The third-order valence-corrected chi connectivity index (χ3v) is 10.1. The van der Waals surface area contributed by atoms with Crippen LogP contribution in [-0.2, 0) is 17.5 Å². The van der Waals surface area contributed by atoms with Gasteiger partial charge in [-0.1, -0.05) is 81.4 Å². The van der Waals surface area contributed by atoms with E-state index in [4.69, 9.17) is 4.43 Å². The molecule has 0 bridgehead atoms. The number of hydrogen-bond acceptors (Lipinski definition) is 3. The van der Waals surface area contributed by atoms with Gasteiger partial charge in [-0.2, -0.15) is 0 Å². The zero-order chi connectivity index (χ0) is 19.9. The van der Waals surface area contributed by atoms with Gasteiger partial charge < -0.3 is 9.53 Å². The lowest BCUT2D eigenvalue weighted by Gasteiger charge is -2.39. The molecule has 0 saturated heterocycles. The van der Waals surface area contributed by atoms with Crippen molar-refractivity contribution in [3.05, 3.63) is 71.8 Å². The van der Waals surface area contributed by atoms with E-state index in [1.165, 1.54) is 11.1 Å². The molecule has 0 amide bonds. The summed E-state index contributed by atoms with van der Waals surface area (Å²) in [6.45, 7) is 13.5. The van der Waals surface area contributed by atoms with Gasteiger partial charge in [0.15, 0.2) is 8.32 Å². The molecule has 0 aliphatic heterocycles. The predicted octanol–water partition coefficient (Wildman–Crippen LogP) is 5.07. The van der Waals surface area contributed by atoms with E-state index in [0.717, 1.165) is 13.1 Å². The van der Waals surface area contributed by atoms with Gasteiger partial charge >= 0.3 is 0 Å². The van der Waals surface area contributed by atoms with E-state index in [0.29, 0.717) is 6.61 Å². The average molecular weight is 386 g/mol. The summed E-state index contributed by atoms with van der Waals surface area (Å²) in [7, 11) is -1.85. The van der Waals surface area contributed by atoms with Crippen molar-refractivity contribution in [3.63, 3.8) is 0 Å². The molecule has 1 atom stereocenters. The third-order valence-electron chi connectivity index (χ3n) is 5.63. The standard InChI is InChI=1S/C23H35NO2Si/c1-23(2,3)27(4,5)26-19-22(18-25)24(16-20-12-8-6-9-13-20)17-21-14-10-7-11-15-21/h6-15,22,25H,16-19H2,1-5H3/t22-/m0/s1. The van der Waals surface area contributed by atoms with Crippen LogP contribution in [0, 0.1) is 0 Å². The topological polar surface area (TPSA) is 32.7 Å². The first-order valence-electron chi connectivity index (χ1n) is 9.79. The van der Waals surface area contributed by atoms with Gasteiger partial charge in [0.2, 0.25) is 0 Å². The minimum Gasteiger partial charge on any atom is -0.415 e. The molecule has 0 spiro atoms. The summed E-state index contributed by atoms with van der Waals surface area (Å²) in [5, 5.41) is 10.3. The molecule has 0 saturated carbocycles. The first-order chi connectivity index (χ1) is 12.7. The van der Waals surface area contributed by atoms with Crippen LogP contribution >= 0.6 is 0 Å². The fourth-order valence-electron chi connectivity index (χ4n) is 2.74. The Balaban J connectivity index is 2.16. The summed E-state index contributed by atoms with van der Waals surface area (Å²) in [6, 6.07) is 20.9. The van der Waals surface area contributed by atoms with Crippen LogP contribution in [0.25, 0.3) is 0 Å². The highest BCUT2D eigenvalue weighted by Crippen LogP contribution is 2.36. The van der Waals surface area contributed by atoms with Gasteiger partial charge in [-0.3, -0.25) is 4.90 Å². The third kappa shape index (κ3) is 6.57. The van der Waals surface area contributed by atoms with Crippen LogP contribution < -0.4 is 0 Å². The van der Waals surface area contributed by atoms with Crippen molar-refractivity contribution in [2.45, 2.75) is 58.0 Å². The van der Waals surface area contributed by atoms with Crippen molar-refractivity contribution in [3.8, 4) is 0 Å². The Hall–Kier alpha value is -1.46. The van der Waals surface area contributed by atoms with Crippen LogP contribution in [0.5, 0.6) is 0 Å². The molecular weight excluding hydrogens is 350 g/mol. The SMILES string of the molecule is CC(C)(C)[Si](C)(C)OC[C@H](CO)N(Cc1ccccc1)Cc1ccccc1. The molecule has 0 aliphatic rings. The quantitative estimate of drug-likeness (QED) is 0.612. The van der Waals surface area contributed by atoms with Crippen molar-refractivity contribution in [2.24, 2.45) is 0 Å². The van der Waals surface area contributed by atoms with Crippen molar-refractivity contribution < 1.29 is 9.53 Å². The predicted molar refractivity (Wildman–Crippen MR) is 116 cm³/mol. The number of rotatable bonds is 9. The lowest BCUT2D eigenvalue weighted by molar-refractivity contribution is 0.0667. The Bertz CT molecular complexity index is 626. The molecule has 0 unspecified atom stereocenters. The first-order valence-corrected chi connectivity index (χ1v) is 12.7. The van der Waals surface area contributed by atoms with Crippen LogP contribution in [0.3, 0.4) is 0 Å². The zero-order valence-electron chi connectivity index (χ0n) is 17.5. The first kappa shape index (κ1) is 21.8. The van der Waals surface area contributed by atoms with E-state index in [1.54, 1.807) is 0 Å². The fraction of sp³-hybridized carbons (Fsp3) is 0.478. The number of nitrogens with zero attached hydrogens (tertiary/aromatic N) is 1. The molecule has 0 fully saturated rings. The molecule has 27 heavy (non-hydrogen) atoms. The van der Waals surface area contributed by atoms with Gasteiger partial charge in [-0.15, -0.1) is 0 Å². The van der Waals surface area contributed by atoms with Crippen molar-refractivity contribution in [1.82, 2.24) is 4.90 Å². The van der Waals surface area contributed by atoms with Gasteiger partial charge in [0.05, 0.1) is 19.3 Å². The van der Waals surface area contributed by atoms with E-state index in [-0.39, 0.29) is 17.7 Å². The van der Waals surface area contributed by atoms with Gasteiger partial charge in [0, 0.05) is 13.1 Å². The monoisotopic (exact) mass is 385 g/mol. The molecule has 2 aromatic rings. The average Bonchev–Trinajstić information content (AvgIpc) is 2.63. The zero-order valence-corrected chi connectivity index (χ0v) is 18.5. The fourth-order valence-corrected chi connectivity index (χ4v) is 3.79. The van der Waals surface area contributed by atoms with E-state index < -0.39 is 8.32 Å². The summed E-state index contributed by atoms with van der Waals surface area (Å²) in [4.78, 5) is 2.33. The molecule has 1 N–H and O–H groups in total. The molecule has 3 nitrogen and oxygen atoms in total. The summed E-state index contributed by atoms with van der Waals surface area (Å²) in [6.07, 6.45) is 0. The summed E-state index contributed by atoms with van der Waals surface area (Å²) in [5.74, 6) is 0. The van der Waals surface area contributed by atoms with E-state index in [1.807, 2.05) is 12.1 Å². The molecule has 2 aromatic carbocycles. The Labute approximate surface area is 166 Å². The Morgan fingerprint density at radius 1 is 0.889 bits per heavy atom. The number of hydrogen-bond donors (Lipinski definition) is 1. The van der Waals surface area contributed by atoms with Gasteiger partial charge in [0.1, 0.15) is 0 Å². The van der Waals surface area contributed by atoms with E-state index in [2.05, 4.69) is 87.3 Å². The van der Waals surface area contributed by atoms with Crippen LogP contribution in [0.4, 0.5) is 0 Å². The molecule has 0 heterocycles. The second kappa shape index (κ2) is 9.65. The lowest BCUT2D eigenvalue weighted by atomic mass is 10.1. The summed E-state index contributed by atoms with van der Waals surface area (Å²) in [5.41, 5.74) is 2.50. The Morgan fingerprint density at radius 2 is 1.33 bits per heavy atom. The maximum absolute atomic E-state index is 10.1. The maximum atomic E-state index is 10.1. The summed E-state index contributed by atoms with van der Waals surface area (Å²) >= 11 is 0. The van der Waals surface area contributed by atoms with Gasteiger partial charge in [-0.25, -0.2) is 0 Å². The second-order valence-corrected chi connectivity index (χ2v) is 13.6. The maximum Gasteiger partial charge on any atom is 0.192 e. The normalized spacial score (nSPS) is 13.7. The molecule has 0 aliphatic carbocycles. The van der Waals surface area contributed by atoms with Gasteiger partial charge in [-0.05, 0) is 29.3 Å².